The first kappa shape index (κ1) is 8.88. The fourth-order valence-corrected chi connectivity index (χ4v) is 2.53. The molecule has 13 heavy (non-hydrogen) atoms. The average Bonchev–Trinajstić information content (AvgIpc) is 1.99. The van der Waals surface area contributed by atoms with E-state index in [0.29, 0.717) is 10.9 Å². The molecule has 2 N–H and O–H groups in total. The highest BCUT2D eigenvalue weighted by Gasteiger charge is 2.19. The summed E-state index contributed by atoms with van der Waals surface area (Å²) in [5, 5.41) is 0.623. The molecule has 70 valence electrons. The van der Waals surface area contributed by atoms with E-state index in [1.807, 2.05) is 0 Å². The lowest BCUT2D eigenvalue weighted by Gasteiger charge is -2.24. The smallest absolute Gasteiger partial charge is 0.138 e. The van der Waals surface area contributed by atoms with E-state index in [4.69, 9.17) is 5.73 Å². The van der Waals surface area contributed by atoms with E-state index in [9.17, 15) is 4.39 Å². The van der Waals surface area contributed by atoms with Crippen LogP contribution < -0.4 is 5.73 Å². The van der Waals surface area contributed by atoms with E-state index in [1.165, 1.54) is 25.3 Å². The van der Waals surface area contributed by atoms with Crippen LogP contribution in [0.15, 0.2) is 23.1 Å². The van der Waals surface area contributed by atoms with Crippen molar-refractivity contribution in [3.63, 3.8) is 0 Å². The molecular weight excluding hydrogens is 185 g/mol. The Morgan fingerprint density at radius 2 is 2.15 bits per heavy atom. The van der Waals surface area contributed by atoms with Gasteiger partial charge in [-0.15, -0.1) is 11.8 Å². The van der Waals surface area contributed by atoms with Crippen LogP contribution in [0.5, 0.6) is 0 Å². The van der Waals surface area contributed by atoms with Crippen molar-refractivity contribution in [3.8, 4) is 0 Å². The molecule has 0 amide bonds. The molecule has 0 atom stereocenters. The zero-order valence-electron chi connectivity index (χ0n) is 7.29. The monoisotopic (exact) mass is 197 g/mol. The van der Waals surface area contributed by atoms with Gasteiger partial charge < -0.3 is 5.73 Å². The molecule has 0 radical (unpaired) electrons. The van der Waals surface area contributed by atoms with Gasteiger partial charge in [0.25, 0.3) is 0 Å². The third-order valence-corrected chi connectivity index (χ3v) is 3.69. The predicted molar refractivity (Wildman–Crippen MR) is 54.3 cm³/mol. The van der Waals surface area contributed by atoms with E-state index >= 15 is 0 Å². The van der Waals surface area contributed by atoms with Crippen molar-refractivity contribution in [1.82, 2.24) is 0 Å². The fraction of sp³-hybridized carbons (Fsp3) is 0.400. The van der Waals surface area contributed by atoms with Crippen LogP contribution in [0.3, 0.4) is 0 Å². The molecule has 1 nitrogen and oxygen atoms in total. The van der Waals surface area contributed by atoms with Gasteiger partial charge in [0, 0.05) is 15.8 Å². The standard InChI is InChI=1S/C10H12FNS/c11-9-6-7(12)4-5-10(9)13-8-2-1-3-8/h4-6,8H,1-3,12H2. The first-order valence-corrected chi connectivity index (χ1v) is 5.35. The zero-order valence-corrected chi connectivity index (χ0v) is 8.11. The van der Waals surface area contributed by atoms with Crippen molar-refractivity contribution < 1.29 is 4.39 Å². The second kappa shape index (κ2) is 3.58. The highest BCUT2D eigenvalue weighted by Crippen LogP contribution is 2.37. The van der Waals surface area contributed by atoms with Crippen LogP contribution in [0.4, 0.5) is 10.1 Å². The number of halogens is 1. The Hall–Kier alpha value is -0.700. The van der Waals surface area contributed by atoms with Crippen molar-refractivity contribution in [3.05, 3.63) is 24.0 Å². The summed E-state index contributed by atoms with van der Waals surface area (Å²) in [7, 11) is 0. The van der Waals surface area contributed by atoms with Gasteiger partial charge >= 0.3 is 0 Å². The molecule has 0 heterocycles. The fourth-order valence-electron chi connectivity index (χ4n) is 1.28. The molecule has 0 aromatic heterocycles. The molecule has 0 bridgehead atoms. The Morgan fingerprint density at radius 1 is 1.38 bits per heavy atom. The summed E-state index contributed by atoms with van der Waals surface area (Å²) in [6, 6.07) is 4.92. The van der Waals surface area contributed by atoms with Crippen molar-refractivity contribution in [2.75, 3.05) is 5.73 Å². The third kappa shape index (κ3) is 1.97. The molecule has 3 heteroatoms. The highest BCUT2D eigenvalue weighted by atomic mass is 32.2. The quantitative estimate of drug-likeness (QED) is 0.737. The molecule has 1 aliphatic rings. The molecule has 1 aromatic rings. The summed E-state index contributed by atoms with van der Waals surface area (Å²) in [6.07, 6.45) is 3.72. The molecule has 0 aliphatic heterocycles. The topological polar surface area (TPSA) is 26.0 Å². The Labute approximate surface area is 81.5 Å². The molecular formula is C10H12FNS. The minimum absolute atomic E-state index is 0.183. The first-order chi connectivity index (χ1) is 6.25. The average molecular weight is 197 g/mol. The number of nitrogen functional groups attached to an aromatic ring is 1. The van der Waals surface area contributed by atoms with Gasteiger partial charge in [-0.25, -0.2) is 4.39 Å². The predicted octanol–water partition coefficient (Wildman–Crippen LogP) is 3.05. The Balaban J connectivity index is 2.10. The summed E-state index contributed by atoms with van der Waals surface area (Å²) in [4.78, 5) is 0.735. The number of hydrogen-bond acceptors (Lipinski definition) is 2. The van der Waals surface area contributed by atoms with Gasteiger partial charge in [-0.3, -0.25) is 0 Å². The lowest BCUT2D eigenvalue weighted by atomic mass is 10.0. The van der Waals surface area contributed by atoms with E-state index in [0.717, 1.165) is 4.90 Å². The van der Waals surface area contributed by atoms with E-state index in [-0.39, 0.29) is 5.82 Å². The minimum atomic E-state index is -0.183. The summed E-state index contributed by atoms with van der Waals surface area (Å²) >= 11 is 1.64. The largest absolute Gasteiger partial charge is 0.399 e. The van der Waals surface area contributed by atoms with Gasteiger partial charge in [-0.2, -0.15) is 0 Å². The van der Waals surface area contributed by atoms with Crippen LogP contribution >= 0.6 is 11.8 Å². The maximum Gasteiger partial charge on any atom is 0.138 e. The van der Waals surface area contributed by atoms with Crippen LogP contribution in [-0.4, -0.2) is 5.25 Å². The Bertz CT molecular complexity index is 310. The van der Waals surface area contributed by atoms with Crippen LogP contribution in [0, 0.1) is 5.82 Å². The molecule has 1 aromatic carbocycles. The van der Waals surface area contributed by atoms with E-state index in [1.54, 1.807) is 23.9 Å². The minimum Gasteiger partial charge on any atom is -0.399 e. The Morgan fingerprint density at radius 3 is 2.69 bits per heavy atom. The summed E-state index contributed by atoms with van der Waals surface area (Å²) in [5.74, 6) is -0.183. The van der Waals surface area contributed by atoms with Gasteiger partial charge in [-0.05, 0) is 31.0 Å². The van der Waals surface area contributed by atoms with Crippen LogP contribution in [-0.2, 0) is 0 Å². The van der Waals surface area contributed by atoms with Crippen molar-refractivity contribution in [2.45, 2.75) is 29.4 Å². The van der Waals surface area contributed by atoms with Gasteiger partial charge in [-0.1, -0.05) is 6.42 Å². The molecule has 1 fully saturated rings. The summed E-state index contributed by atoms with van der Waals surface area (Å²) in [6.45, 7) is 0. The van der Waals surface area contributed by atoms with Crippen LogP contribution in [0.1, 0.15) is 19.3 Å². The molecule has 2 rings (SSSR count). The molecule has 1 aliphatic carbocycles. The van der Waals surface area contributed by atoms with Gasteiger partial charge in [0.05, 0.1) is 0 Å². The molecule has 0 saturated heterocycles. The van der Waals surface area contributed by atoms with Gasteiger partial charge in [0.1, 0.15) is 5.82 Å². The number of thioether (sulfide) groups is 1. The molecule has 1 saturated carbocycles. The van der Waals surface area contributed by atoms with Crippen LogP contribution in [0.25, 0.3) is 0 Å². The number of anilines is 1. The van der Waals surface area contributed by atoms with E-state index in [2.05, 4.69) is 0 Å². The summed E-state index contributed by atoms with van der Waals surface area (Å²) in [5.41, 5.74) is 5.95. The first-order valence-electron chi connectivity index (χ1n) is 4.47. The number of rotatable bonds is 2. The Kier molecular flexibility index (Phi) is 2.44. The lowest BCUT2D eigenvalue weighted by molar-refractivity contribution is 0.520. The van der Waals surface area contributed by atoms with Crippen molar-refractivity contribution in [2.24, 2.45) is 0 Å². The van der Waals surface area contributed by atoms with E-state index < -0.39 is 0 Å². The normalized spacial score (nSPS) is 17.0. The van der Waals surface area contributed by atoms with Gasteiger partial charge in [0.15, 0.2) is 0 Å². The number of nitrogens with two attached hydrogens (primary N) is 1. The lowest BCUT2D eigenvalue weighted by Crippen LogP contribution is -2.12. The zero-order chi connectivity index (χ0) is 9.26. The maximum atomic E-state index is 13.3. The van der Waals surface area contributed by atoms with Gasteiger partial charge in [0.2, 0.25) is 0 Å². The summed E-state index contributed by atoms with van der Waals surface area (Å²) < 4.78 is 13.3. The number of hydrogen-bond donors (Lipinski definition) is 1. The van der Waals surface area contributed by atoms with Crippen molar-refractivity contribution in [1.29, 1.82) is 0 Å². The second-order valence-corrected chi connectivity index (χ2v) is 4.70. The molecule has 0 spiro atoms. The maximum absolute atomic E-state index is 13.3. The van der Waals surface area contributed by atoms with Crippen molar-refractivity contribution >= 4 is 17.4 Å². The molecule has 0 unspecified atom stereocenters. The second-order valence-electron chi connectivity index (χ2n) is 3.36. The highest BCUT2D eigenvalue weighted by molar-refractivity contribution is 8.00. The number of benzene rings is 1. The SMILES string of the molecule is Nc1ccc(SC2CCC2)c(F)c1. The van der Waals surface area contributed by atoms with Crippen LogP contribution in [0.2, 0.25) is 0 Å². The third-order valence-electron chi connectivity index (χ3n) is 2.30.